The molecule has 1 aromatic heterocycles. The molecule has 0 fully saturated rings. The zero-order valence-corrected chi connectivity index (χ0v) is 17.7. The number of fused-ring (bicyclic) bond motifs is 1. The van der Waals surface area contributed by atoms with E-state index >= 15 is 0 Å². The molecule has 1 amide bonds. The number of carbonyl (C=O) groups excluding carboxylic acids is 2. The molecule has 0 aliphatic heterocycles. The molecule has 0 bridgehead atoms. The summed E-state index contributed by atoms with van der Waals surface area (Å²) in [5.41, 5.74) is 3.25. The van der Waals surface area contributed by atoms with Gasteiger partial charge in [-0.05, 0) is 37.1 Å². The van der Waals surface area contributed by atoms with Gasteiger partial charge in [0.25, 0.3) is 5.91 Å². The highest BCUT2D eigenvalue weighted by atomic mass is 16.5. The summed E-state index contributed by atoms with van der Waals surface area (Å²) in [7, 11) is 0. The van der Waals surface area contributed by atoms with Crippen LogP contribution in [0.25, 0.3) is 10.9 Å². The van der Waals surface area contributed by atoms with Crippen LogP contribution in [0.3, 0.4) is 0 Å². The lowest BCUT2D eigenvalue weighted by atomic mass is 10.1. The van der Waals surface area contributed by atoms with Crippen molar-refractivity contribution in [1.29, 1.82) is 0 Å². The van der Waals surface area contributed by atoms with Crippen LogP contribution in [0.4, 0.5) is 5.69 Å². The van der Waals surface area contributed by atoms with E-state index in [1.54, 1.807) is 48.5 Å². The minimum absolute atomic E-state index is 0.102. The third-order valence-corrected chi connectivity index (χ3v) is 5.19. The fraction of sp³-hybridized carbons (Fsp3) is 0.115. The minimum Gasteiger partial charge on any atom is -0.444 e. The van der Waals surface area contributed by atoms with Crippen LogP contribution in [0.1, 0.15) is 33.2 Å². The number of H-pyrrole nitrogens is 1. The van der Waals surface area contributed by atoms with Gasteiger partial charge in [-0.1, -0.05) is 60.7 Å². The van der Waals surface area contributed by atoms with Crippen molar-refractivity contribution in [3.05, 3.63) is 111 Å². The number of nitrogens with one attached hydrogen (secondary N) is 2. The van der Waals surface area contributed by atoms with E-state index in [2.05, 4.69) is 10.3 Å². The normalized spacial score (nSPS) is 11.7. The number of para-hydroxylation sites is 1. The predicted octanol–water partition coefficient (Wildman–Crippen LogP) is 4.68. The molecule has 1 atom stereocenters. The average molecular weight is 426 g/mol. The highest BCUT2D eigenvalue weighted by molar-refractivity contribution is 6.05. The number of aromatic nitrogens is 1. The molecule has 6 heteroatoms. The lowest BCUT2D eigenvalue weighted by Gasteiger charge is -2.19. The summed E-state index contributed by atoms with van der Waals surface area (Å²) >= 11 is 0. The van der Waals surface area contributed by atoms with Gasteiger partial charge in [-0.15, -0.1) is 0 Å². The number of esters is 1. The van der Waals surface area contributed by atoms with Crippen LogP contribution < -0.4 is 10.9 Å². The minimum atomic E-state index is -1.19. The molecule has 0 saturated carbocycles. The molecule has 4 rings (SSSR count). The van der Waals surface area contributed by atoms with Crippen molar-refractivity contribution in [2.75, 3.05) is 5.32 Å². The van der Waals surface area contributed by atoms with E-state index in [1.165, 1.54) is 6.07 Å². The van der Waals surface area contributed by atoms with Gasteiger partial charge in [0, 0.05) is 28.2 Å². The van der Waals surface area contributed by atoms with Gasteiger partial charge in [-0.2, -0.15) is 0 Å². The quantitative estimate of drug-likeness (QED) is 0.454. The maximum atomic E-state index is 13.2. The Hall–Kier alpha value is -4.19. The molecule has 4 aromatic rings. The molecule has 6 nitrogen and oxygen atoms in total. The second-order valence-corrected chi connectivity index (χ2v) is 7.60. The number of hydrogen-bond acceptors (Lipinski definition) is 4. The van der Waals surface area contributed by atoms with Crippen molar-refractivity contribution in [3.63, 3.8) is 0 Å². The van der Waals surface area contributed by atoms with Crippen molar-refractivity contribution in [2.24, 2.45) is 0 Å². The van der Waals surface area contributed by atoms with E-state index in [0.717, 1.165) is 11.1 Å². The Bertz CT molecular complexity index is 1360. The van der Waals surface area contributed by atoms with Crippen molar-refractivity contribution in [1.82, 2.24) is 4.98 Å². The summed E-state index contributed by atoms with van der Waals surface area (Å²) in [5.74, 6) is -1.23. The first-order valence-corrected chi connectivity index (χ1v) is 10.2. The first-order chi connectivity index (χ1) is 15.4. The Kier molecular flexibility index (Phi) is 5.85. The Morgan fingerprint density at radius 3 is 2.41 bits per heavy atom. The molecule has 0 saturated heterocycles. The number of rotatable bonds is 5. The SMILES string of the molecule is Cc1ccc(C)c(NC(=O)C(OC(=O)c2cc(=O)[nH]c3ccccc23)c2ccccc2)c1. The third kappa shape index (κ3) is 4.44. The van der Waals surface area contributed by atoms with Gasteiger partial charge >= 0.3 is 5.97 Å². The van der Waals surface area contributed by atoms with Gasteiger partial charge < -0.3 is 15.0 Å². The van der Waals surface area contributed by atoms with Gasteiger partial charge in [0.2, 0.25) is 11.7 Å². The van der Waals surface area contributed by atoms with E-state index in [-0.39, 0.29) is 5.56 Å². The maximum absolute atomic E-state index is 13.2. The number of anilines is 1. The second kappa shape index (κ2) is 8.89. The van der Waals surface area contributed by atoms with Crippen molar-refractivity contribution in [2.45, 2.75) is 20.0 Å². The van der Waals surface area contributed by atoms with Crippen molar-refractivity contribution in [3.8, 4) is 0 Å². The monoisotopic (exact) mass is 426 g/mol. The Morgan fingerprint density at radius 1 is 0.906 bits per heavy atom. The molecule has 0 aliphatic rings. The summed E-state index contributed by atoms with van der Waals surface area (Å²) in [6, 6.07) is 22.7. The number of carbonyl (C=O) groups is 2. The largest absolute Gasteiger partial charge is 0.444 e. The van der Waals surface area contributed by atoms with Gasteiger partial charge in [0.05, 0.1) is 5.56 Å². The fourth-order valence-corrected chi connectivity index (χ4v) is 3.51. The average Bonchev–Trinajstić information content (AvgIpc) is 2.79. The number of ether oxygens (including phenoxy) is 1. The molecule has 0 radical (unpaired) electrons. The topological polar surface area (TPSA) is 88.3 Å². The molecule has 0 aliphatic carbocycles. The Balaban J connectivity index is 1.69. The number of pyridine rings is 1. The summed E-state index contributed by atoms with van der Waals surface area (Å²) in [6.07, 6.45) is -1.19. The van der Waals surface area contributed by atoms with Crippen LogP contribution in [-0.2, 0) is 9.53 Å². The molecule has 32 heavy (non-hydrogen) atoms. The number of benzene rings is 3. The fourth-order valence-electron chi connectivity index (χ4n) is 3.51. The van der Waals surface area contributed by atoms with Gasteiger partial charge in [-0.25, -0.2) is 4.79 Å². The first kappa shape index (κ1) is 21.1. The first-order valence-electron chi connectivity index (χ1n) is 10.2. The van der Waals surface area contributed by atoms with E-state index in [0.29, 0.717) is 22.2 Å². The summed E-state index contributed by atoms with van der Waals surface area (Å²) in [5, 5.41) is 3.41. The molecule has 3 aromatic carbocycles. The predicted molar refractivity (Wildman–Crippen MR) is 124 cm³/mol. The van der Waals surface area contributed by atoms with Gasteiger partial charge in [0.15, 0.2) is 0 Å². The van der Waals surface area contributed by atoms with Crippen LogP contribution in [-0.4, -0.2) is 16.9 Å². The highest BCUT2D eigenvalue weighted by Gasteiger charge is 2.27. The van der Waals surface area contributed by atoms with Crippen LogP contribution in [0.2, 0.25) is 0 Å². The van der Waals surface area contributed by atoms with Crippen molar-refractivity contribution >= 4 is 28.5 Å². The highest BCUT2D eigenvalue weighted by Crippen LogP contribution is 2.25. The molecule has 1 heterocycles. The van der Waals surface area contributed by atoms with Crippen LogP contribution in [0, 0.1) is 13.8 Å². The molecule has 160 valence electrons. The van der Waals surface area contributed by atoms with E-state index < -0.39 is 23.5 Å². The number of aromatic amines is 1. The molecular formula is C26H22N2O4. The van der Waals surface area contributed by atoms with E-state index in [1.807, 2.05) is 38.1 Å². The van der Waals surface area contributed by atoms with Crippen LogP contribution >= 0.6 is 0 Å². The summed E-state index contributed by atoms with van der Waals surface area (Å²) < 4.78 is 5.69. The Morgan fingerprint density at radius 2 is 1.62 bits per heavy atom. The third-order valence-electron chi connectivity index (χ3n) is 5.19. The van der Waals surface area contributed by atoms with E-state index in [9.17, 15) is 14.4 Å². The van der Waals surface area contributed by atoms with Gasteiger partial charge in [-0.3, -0.25) is 9.59 Å². The van der Waals surface area contributed by atoms with E-state index in [4.69, 9.17) is 4.74 Å². The maximum Gasteiger partial charge on any atom is 0.340 e. The molecule has 0 spiro atoms. The smallest absolute Gasteiger partial charge is 0.340 e. The molecular weight excluding hydrogens is 404 g/mol. The molecule has 2 N–H and O–H groups in total. The standard InChI is InChI=1S/C26H22N2O4/c1-16-12-13-17(2)22(14-16)28-25(30)24(18-8-4-3-5-9-18)32-26(31)20-15-23(29)27-21-11-7-6-10-19(20)21/h3-15,24H,1-2H3,(H,27,29)(H,28,30). The number of aryl methyl sites for hydroxylation is 2. The lowest BCUT2D eigenvalue weighted by Crippen LogP contribution is -2.26. The molecule has 1 unspecified atom stereocenters. The zero-order valence-electron chi connectivity index (χ0n) is 17.7. The zero-order chi connectivity index (χ0) is 22.7. The second-order valence-electron chi connectivity index (χ2n) is 7.60. The summed E-state index contributed by atoms with van der Waals surface area (Å²) in [6.45, 7) is 3.82. The summed E-state index contributed by atoms with van der Waals surface area (Å²) in [4.78, 5) is 41.1. The van der Waals surface area contributed by atoms with Gasteiger partial charge in [0.1, 0.15) is 0 Å². The van der Waals surface area contributed by atoms with Crippen LogP contribution in [0.5, 0.6) is 0 Å². The van der Waals surface area contributed by atoms with Crippen molar-refractivity contribution < 1.29 is 14.3 Å². The Labute approximate surface area is 184 Å². The number of hydrogen-bond donors (Lipinski definition) is 2. The lowest BCUT2D eigenvalue weighted by molar-refractivity contribution is -0.125. The number of amides is 1. The van der Waals surface area contributed by atoms with Crippen LogP contribution in [0.15, 0.2) is 83.7 Å².